The number of allylic oxidation sites excluding steroid dienone is 1. The van der Waals surface area contributed by atoms with Gasteiger partial charge in [0.2, 0.25) is 27.7 Å². The normalized spacial score (nSPS) is 27.1. The maximum Gasteiger partial charge on any atom is 0.263 e. The minimum Gasteiger partial charge on any atom is -0.472 e. The molecule has 8 rings (SSSR count). The van der Waals surface area contributed by atoms with Crippen LogP contribution in [0.25, 0.3) is 21.7 Å². The SMILES string of the molecule is O=C(N[C@H]1CCCCC/C=C\[C@@H]2C[C@@]2(C(=O)NS(=O)(=O)C2CC2)NC(=O)C2C[C@@H](Oc3nc4ccccc4c4ccccc34)CN2C1=O)c1cncs1. The highest BCUT2D eigenvalue weighted by molar-refractivity contribution is 7.91. The minimum atomic E-state index is -3.88. The van der Waals surface area contributed by atoms with E-state index in [0.29, 0.717) is 42.9 Å². The third-order valence-electron chi connectivity index (χ3n) is 10.7. The topological polar surface area (TPSA) is 177 Å². The Morgan fingerprint density at radius 2 is 1.75 bits per heavy atom. The summed E-state index contributed by atoms with van der Waals surface area (Å²) in [5.41, 5.74) is 0.788. The van der Waals surface area contributed by atoms with Gasteiger partial charge in [-0.05, 0) is 56.0 Å². The number of carbonyl (C=O) groups is 4. The van der Waals surface area contributed by atoms with Crippen molar-refractivity contribution in [2.75, 3.05) is 6.54 Å². The molecule has 5 atom stereocenters. The monoisotopic (exact) mass is 756 g/mol. The van der Waals surface area contributed by atoms with Gasteiger partial charge < -0.3 is 20.3 Å². The molecule has 1 saturated heterocycles. The summed E-state index contributed by atoms with van der Waals surface area (Å²) in [7, 11) is -3.88. The van der Waals surface area contributed by atoms with Crippen LogP contribution in [0.1, 0.15) is 67.5 Å². The molecule has 4 amide bonds. The molecule has 15 heteroatoms. The van der Waals surface area contributed by atoms with Gasteiger partial charge in [-0.2, -0.15) is 0 Å². The average molecular weight is 757 g/mol. The van der Waals surface area contributed by atoms with Crippen molar-refractivity contribution >= 4 is 66.7 Å². The zero-order chi connectivity index (χ0) is 36.7. The lowest BCUT2D eigenvalue weighted by Gasteiger charge is -2.29. The molecule has 1 unspecified atom stereocenters. The summed E-state index contributed by atoms with van der Waals surface area (Å²) in [4.78, 5) is 66.5. The summed E-state index contributed by atoms with van der Waals surface area (Å²) in [6.45, 7) is 0.0191. The van der Waals surface area contributed by atoms with Crippen LogP contribution in [-0.4, -0.2) is 82.4 Å². The summed E-state index contributed by atoms with van der Waals surface area (Å²) in [6, 6.07) is 13.5. The number of amides is 4. The second kappa shape index (κ2) is 14.2. The predicted octanol–water partition coefficient (Wildman–Crippen LogP) is 4.00. The summed E-state index contributed by atoms with van der Waals surface area (Å²) in [5, 5.41) is 7.86. The van der Waals surface area contributed by atoms with Crippen molar-refractivity contribution in [2.45, 2.75) is 86.8 Å². The molecule has 2 aliphatic carbocycles. The van der Waals surface area contributed by atoms with E-state index in [-0.39, 0.29) is 19.4 Å². The molecule has 0 spiro atoms. The number of thiazole rings is 1. The minimum absolute atomic E-state index is 0.0191. The van der Waals surface area contributed by atoms with Gasteiger partial charge in [0.15, 0.2) is 0 Å². The molecule has 3 N–H and O–H groups in total. The zero-order valence-corrected chi connectivity index (χ0v) is 30.5. The molecule has 2 saturated carbocycles. The van der Waals surface area contributed by atoms with Gasteiger partial charge in [0.1, 0.15) is 28.6 Å². The van der Waals surface area contributed by atoms with Crippen molar-refractivity contribution in [3.05, 3.63) is 77.3 Å². The number of hydrogen-bond acceptors (Lipinski definition) is 10. The number of ether oxygens (including phenoxy) is 1. The summed E-state index contributed by atoms with van der Waals surface area (Å²) in [6.07, 6.45) is 9.19. The van der Waals surface area contributed by atoms with E-state index in [1.807, 2.05) is 60.7 Å². The van der Waals surface area contributed by atoms with Crippen molar-refractivity contribution in [1.82, 2.24) is 30.2 Å². The van der Waals surface area contributed by atoms with E-state index in [1.54, 1.807) is 5.51 Å². The van der Waals surface area contributed by atoms with E-state index in [9.17, 15) is 27.6 Å². The molecular weight excluding hydrogens is 717 g/mol. The molecule has 3 fully saturated rings. The van der Waals surface area contributed by atoms with Crippen LogP contribution in [0.2, 0.25) is 0 Å². The molecule has 2 aliphatic heterocycles. The number of benzene rings is 2. The summed E-state index contributed by atoms with van der Waals surface area (Å²) in [5.74, 6) is -2.30. The molecular formula is C38H40N6O7S2. The Morgan fingerprint density at radius 1 is 0.981 bits per heavy atom. The van der Waals surface area contributed by atoms with Crippen LogP contribution >= 0.6 is 11.3 Å². The molecule has 2 aromatic carbocycles. The number of nitrogens with zero attached hydrogens (tertiary/aromatic N) is 3. The summed E-state index contributed by atoms with van der Waals surface area (Å²) < 4.78 is 34.5. The molecule has 13 nitrogen and oxygen atoms in total. The van der Waals surface area contributed by atoms with Crippen molar-refractivity contribution in [3.8, 4) is 5.88 Å². The van der Waals surface area contributed by atoms with E-state index in [0.717, 1.165) is 45.9 Å². The Hall–Kier alpha value is -4.89. The van der Waals surface area contributed by atoms with Gasteiger partial charge in [0.05, 0.1) is 29.0 Å². The van der Waals surface area contributed by atoms with Gasteiger partial charge in [-0.15, -0.1) is 11.3 Å². The van der Waals surface area contributed by atoms with Gasteiger partial charge in [-0.25, -0.2) is 13.4 Å². The Kier molecular flexibility index (Phi) is 9.39. The first-order chi connectivity index (χ1) is 25.6. The molecule has 2 aromatic heterocycles. The molecule has 4 heterocycles. The number of hydrogen-bond donors (Lipinski definition) is 3. The smallest absolute Gasteiger partial charge is 0.263 e. The Bertz CT molecular complexity index is 2220. The van der Waals surface area contributed by atoms with Crippen LogP contribution in [0.5, 0.6) is 5.88 Å². The Balaban J connectivity index is 1.12. The Labute approximate surface area is 310 Å². The van der Waals surface area contributed by atoms with Crippen molar-refractivity contribution in [3.63, 3.8) is 0 Å². The average Bonchev–Trinajstić information content (AvgIpc) is 4.01. The number of carbonyl (C=O) groups excluding carboxylic acids is 4. The number of aromatic nitrogens is 2. The highest BCUT2D eigenvalue weighted by Gasteiger charge is 2.62. The number of nitrogens with one attached hydrogen (secondary N) is 3. The third-order valence-corrected chi connectivity index (χ3v) is 13.2. The fourth-order valence-corrected chi connectivity index (χ4v) is 9.41. The second-order valence-electron chi connectivity index (χ2n) is 14.4. The van der Waals surface area contributed by atoms with E-state index in [4.69, 9.17) is 9.72 Å². The number of rotatable bonds is 7. The van der Waals surface area contributed by atoms with Crippen LogP contribution in [-0.2, 0) is 24.4 Å². The van der Waals surface area contributed by atoms with Crippen molar-refractivity contribution in [1.29, 1.82) is 0 Å². The van der Waals surface area contributed by atoms with Crippen LogP contribution in [0.4, 0.5) is 0 Å². The molecule has 4 aromatic rings. The van der Waals surface area contributed by atoms with Crippen LogP contribution in [0.15, 0.2) is 72.4 Å². The van der Waals surface area contributed by atoms with Gasteiger partial charge in [-0.3, -0.25) is 28.9 Å². The Morgan fingerprint density at radius 3 is 2.53 bits per heavy atom. The van der Waals surface area contributed by atoms with E-state index < -0.39 is 68.5 Å². The quantitative estimate of drug-likeness (QED) is 0.186. The van der Waals surface area contributed by atoms with E-state index in [1.165, 1.54) is 11.1 Å². The highest BCUT2D eigenvalue weighted by Crippen LogP contribution is 2.46. The first-order valence-electron chi connectivity index (χ1n) is 18.1. The lowest BCUT2D eigenvalue weighted by molar-refractivity contribution is -0.141. The number of fused-ring (bicyclic) bond motifs is 5. The predicted molar refractivity (Wildman–Crippen MR) is 198 cm³/mol. The van der Waals surface area contributed by atoms with E-state index >= 15 is 0 Å². The lowest BCUT2D eigenvalue weighted by Crippen LogP contribution is -2.58. The standard InChI is InChI=1S/C38H40N6O7S2/c45-33-31-18-24(51-35-28-13-7-6-11-26(28)27-12-8-9-14-29(27)41-35)21-44(31)36(47)30(40-34(46)32-20-39-22-52-32)15-5-3-1-2-4-10-23-19-38(23,42-33)37(48)43-53(49,50)25-16-17-25/h4,6-14,20,22-25,30-31H,1-3,5,15-19,21H2,(H,40,46)(H,42,45)(H,43,48)/b10-4-/t23-,24-,30+,31?,38-/m1/s1. The maximum atomic E-state index is 14.6. The van der Waals surface area contributed by atoms with Crippen molar-refractivity contribution in [2.24, 2.45) is 5.92 Å². The molecule has 276 valence electrons. The molecule has 0 radical (unpaired) electrons. The molecule has 4 aliphatic rings. The third kappa shape index (κ3) is 7.11. The second-order valence-corrected chi connectivity index (χ2v) is 17.2. The van der Waals surface area contributed by atoms with Gasteiger partial charge in [-0.1, -0.05) is 61.4 Å². The van der Waals surface area contributed by atoms with Crippen molar-refractivity contribution < 1.29 is 32.3 Å². The van der Waals surface area contributed by atoms with E-state index in [2.05, 4.69) is 20.3 Å². The first-order valence-corrected chi connectivity index (χ1v) is 20.5. The number of para-hydroxylation sites is 1. The largest absolute Gasteiger partial charge is 0.472 e. The molecule has 53 heavy (non-hydrogen) atoms. The number of pyridine rings is 1. The highest BCUT2D eigenvalue weighted by atomic mass is 32.2. The van der Waals surface area contributed by atoms with Gasteiger partial charge in [0.25, 0.3) is 11.8 Å². The fourth-order valence-electron chi connectivity index (χ4n) is 7.53. The first kappa shape index (κ1) is 35.2. The summed E-state index contributed by atoms with van der Waals surface area (Å²) >= 11 is 1.16. The van der Waals surface area contributed by atoms with Crippen LogP contribution in [0.3, 0.4) is 0 Å². The zero-order valence-electron chi connectivity index (χ0n) is 28.9. The van der Waals surface area contributed by atoms with Gasteiger partial charge >= 0.3 is 0 Å². The van der Waals surface area contributed by atoms with Gasteiger partial charge in [0, 0.05) is 23.1 Å². The lowest BCUT2D eigenvalue weighted by atomic mass is 10.0. The fraction of sp³-hybridized carbons (Fsp3) is 0.421. The van der Waals surface area contributed by atoms with Crippen LogP contribution < -0.4 is 20.1 Å². The number of sulfonamides is 1. The molecule has 0 bridgehead atoms. The van der Waals surface area contributed by atoms with Crippen LogP contribution in [0, 0.1) is 5.92 Å². The maximum absolute atomic E-state index is 14.6.